The maximum atomic E-state index is 10.1. The van der Waals surface area contributed by atoms with E-state index >= 15 is 0 Å². The van der Waals surface area contributed by atoms with Gasteiger partial charge in [0.15, 0.2) is 0 Å². The van der Waals surface area contributed by atoms with E-state index in [1.54, 1.807) is 25.1 Å². The minimum Gasteiger partial charge on any atom is -0.385 e. The normalized spacial score (nSPS) is 12.9. The minimum atomic E-state index is -0.615. The standard InChI is InChI=1S/C11H20BrN3O3/c1-17-5-3-13-8-10(16)11-9(12)7-14-15(11)4-6-18-2/h7,10,13,16H,3-6,8H2,1-2H3. The Hall–Kier alpha value is -0.470. The molecule has 0 aromatic carbocycles. The number of rotatable bonds is 9. The fraction of sp³-hybridized carbons (Fsp3) is 0.727. The molecule has 0 aliphatic carbocycles. The van der Waals surface area contributed by atoms with Crippen molar-refractivity contribution in [2.45, 2.75) is 12.6 Å². The Balaban J connectivity index is 2.54. The third-order valence-corrected chi connectivity index (χ3v) is 3.09. The lowest BCUT2D eigenvalue weighted by Gasteiger charge is -2.14. The van der Waals surface area contributed by atoms with Crippen LogP contribution in [0.2, 0.25) is 0 Å². The number of aliphatic hydroxyl groups excluding tert-OH is 1. The predicted molar refractivity (Wildman–Crippen MR) is 71.5 cm³/mol. The van der Waals surface area contributed by atoms with Crippen molar-refractivity contribution in [3.05, 3.63) is 16.4 Å². The van der Waals surface area contributed by atoms with Crippen molar-refractivity contribution in [1.82, 2.24) is 15.1 Å². The van der Waals surface area contributed by atoms with Gasteiger partial charge in [0.2, 0.25) is 0 Å². The van der Waals surface area contributed by atoms with Gasteiger partial charge in [0.05, 0.1) is 36.1 Å². The van der Waals surface area contributed by atoms with Gasteiger partial charge in [0.1, 0.15) is 6.10 Å². The summed E-state index contributed by atoms with van der Waals surface area (Å²) in [5.41, 5.74) is 0.761. The third kappa shape index (κ3) is 4.66. The number of halogens is 1. The molecule has 2 N–H and O–H groups in total. The Bertz CT molecular complexity index is 346. The van der Waals surface area contributed by atoms with Crippen molar-refractivity contribution in [2.75, 3.05) is 40.5 Å². The number of methoxy groups -OCH3 is 2. The number of nitrogens with one attached hydrogen (secondary N) is 1. The van der Waals surface area contributed by atoms with Crippen LogP contribution in [0.3, 0.4) is 0 Å². The Morgan fingerprint density at radius 1 is 1.44 bits per heavy atom. The summed E-state index contributed by atoms with van der Waals surface area (Å²) in [5, 5.41) is 17.4. The third-order valence-electron chi connectivity index (χ3n) is 2.48. The van der Waals surface area contributed by atoms with E-state index in [-0.39, 0.29) is 0 Å². The van der Waals surface area contributed by atoms with Gasteiger partial charge in [-0.1, -0.05) is 0 Å². The average molecular weight is 322 g/mol. The van der Waals surface area contributed by atoms with Crippen LogP contribution in [0.4, 0.5) is 0 Å². The van der Waals surface area contributed by atoms with E-state index < -0.39 is 6.10 Å². The van der Waals surface area contributed by atoms with Gasteiger partial charge >= 0.3 is 0 Å². The van der Waals surface area contributed by atoms with Crippen LogP contribution in [0.15, 0.2) is 10.7 Å². The molecule has 1 unspecified atom stereocenters. The first-order chi connectivity index (χ1) is 8.70. The molecule has 104 valence electrons. The molecule has 1 heterocycles. The van der Waals surface area contributed by atoms with E-state index in [0.29, 0.717) is 32.8 Å². The van der Waals surface area contributed by atoms with Gasteiger partial charge < -0.3 is 19.9 Å². The highest BCUT2D eigenvalue weighted by Crippen LogP contribution is 2.22. The summed E-state index contributed by atoms with van der Waals surface area (Å²) < 4.78 is 12.5. The number of hydrogen-bond acceptors (Lipinski definition) is 5. The fourth-order valence-corrected chi connectivity index (χ4v) is 2.13. The van der Waals surface area contributed by atoms with Crippen molar-refractivity contribution in [3.63, 3.8) is 0 Å². The number of ether oxygens (including phenoxy) is 2. The Labute approximate surface area is 115 Å². The molecule has 0 aliphatic heterocycles. The summed E-state index contributed by atoms with van der Waals surface area (Å²) in [7, 11) is 3.29. The van der Waals surface area contributed by atoms with Crippen molar-refractivity contribution in [2.24, 2.45) is 0 Å². The van der Waals surface area contributed by atoms with Crippen LogP contribution in [0.25, 0.3) is 0 Å². The minimum absolute atomic E-state index is 0.459. The zero-order chi connectivity index (χ0) is 13.4. The van der Waals surface area contributed by atoms with Crippen molar-refractivity contribution in [1.29, 1.82) is 0 Å². The summed E-state index contributed by atoms with van der Waals surface area (Å²) in [5.74, 6) is 0. The molecule has 0 aliphatic rings. The van der Waals surface area contributed by atoms with Gasteiger partial charge in [0, 0.05) is 27.3 Å². The largest absolute Gasteiger partial charge is 0.385 e. The zero-order valence-electron chi connectivity index (χ0n) is 10.7. The van der Waals surface area contributed by atoms with Gasteiger partial charge in [-0.05, 0) is 15.9 Å². The summed E-state index contributed by atoms with van der Waals surface area (Å²) in [6, 6.07) is 0. The summed E-state index contributed by atoms with van der Waals surface area (Å²) in [6.07, 6.45) is 1.07. The van der Waals surface area contributed by atoms with Crippen molar-refractivity contribution < 1.29 is 14.6 Å². The molecule has 0 bridgehead atoms. The van der Waals surface area contributed by atoms with Gasteiger partial charge in [-0.2, -0.15) is 5.10 Å². The maximum absolute atomic E-state index is 10.1. The molecule has 0 saturated heterocycles. The first kappa shape index (κ1) is 15.6. The van der Waals surface area contributed by atoms with Gasteiger partial charge in [-0.15, -0.1) is 0 Å². The molecule has 0 saturated carbocycles. The van der Waals surface area contributed by atoms with E-state index in [9.17, 15) is 5.11 Å². The molecule has 7 heteroatoms. The molecule has 18 heavy (non-hydrogen) atoms. The molecular formula is C11H20BrN3O3. The summed E-state index contributed by atoms with van der Waals surface area (Å²) in [4.78, 5) is 0. The van der Waals surface area contributed by atoms with Crippen LogP contribution in [-0.4, -0.2) is 55.4 Å². The van der Waals surface area contributed by atoms with Gasteiger partial charge in [0.25, 0.3) is 0 Å². The molecule has 0 fully saturated rings. The number of aliphatic hydroxyl groups is 1. The summed E-state index contributed by atoms with van der Waals surface area (Å²) >= 11 is 3.40. The van der Waals surface area contributed by atoms with Crippen LogP contribution < -0.4 is 5.32 Å². The summed E-state index contributed by atoms with van der Waals surface area (Å²) in [6.45, 7) is 2.96. The predicted octanol–water partition coefficient (Wildman–Crippen LogP) is 0.561. The van der Waals surface area contributed by atoms with Crippen LogP contribution in [0, 0.1) is 0 Å². The monoisotopic (exact) mass is 321 g/mol. The van der Waals surface area contributed by atoms with Gasteiger partial charge in [-0.25, -0.2) is 0 Å². The second kappa shape index (κ2) is 8.60. The highest BCUT2D eigenvalue weighted by Gasteiger charge is 2.17. The highest BCUT2D eigenvalue weighted by molar-refractivity contribution is 9.10. The van der Waals surface area contributed by atoms with Crippen LogP contribution >= 0.6 is 15.9 Å². The number of hydrogen-bond donors (Lipinski definition) is 2. The van der Waals surface area contributed by atoms with E-state index in [0.717, 1.165) is 10.2 Å². The molecule has 0 amide bonds. The highest BCUT2D eigenvalue weighted by atomic mass is 79.9. The SMILES string of the molecule is COCCNCC(O)c1c(Br)cnn1CCOC. The van der Waals surface area contributed by atoms with Crippen LogP contribution in [-0.2, 0) is 16.0 Å². The zero-order valence-corrected chi connectivity index (χ0v) is 12.3. The smallest absolute Gasteiger partial charge is 0.109 e. The topological polar surface area (TPSA) is 68.5 Å². The van der Waals surface area contributed by atoms with Crippen LogP contribution in [0.5, 0.6) is 0 Å². The van der Waals surface area contributed by atoms with E-state index in [1.165, 1.54) is 0 Å². The maximum Gasteiger partial charge on any atom is 0.109 e. The number of nitrogens with zero attached hydrogens (tertiary/aromatic N) is 2. The first-order valence-corrected chi connectivity index (χ1v) is 6.57. The quantitative estimate of drug-likeness (QED) is 0.650. The molecule has 1 rings (SSSR count). The Morgan fingerprint density at radius 3 is 2.83 bits per heavy atom. The van der Waals surface area contributed by atoms with E-state index in [1.807, 2.05) is 0 Å². The number of aromatic nitrogens is 2. The first-order valence-electron chi connectivity index (χ1n) is 5.78. The second-order valence-corrected chi connectivity index (χ2v) is 4.66. The molecular weight excluding hydrogens is 302 g/mol. The molecule has 0 radical (unpaired) electrons. The molecule has 1 aromatic rings. The van der Waals surface area contributed by atoms with Crippen molar-refractivity contribution >= 4 is 15.9 Å². The van der Waals surface area contributed by atoms with E-state index in [4.69, 9.17) is 9.47 Å². The molecule has 1 aromatic heterocycles. The lowest BCUT2D eigenvalue weighted by molar-refractivity contribution is 0.144. The second-order valence-electron chi connectivity index (χ2n) is 3.81. The fourth-order valence-electron chi connectivity index (χ4n) is 1.57. The van der Waals surface area contributed by atoms with E-state index in [2.05, 4.69) is 26.3 Å². The van der Waals surface area contributed by atoms with Crippen LogP contribution in [0.1, 0.15) is 11.8 Å². The Morgan fingerprint density at radius 2 is 2.17 bits per heavy atom. The Kier molecular flexibility index (Phi) is 7.45. The molecule has 6 nitrogen and oxygen atoms in total. The van der Waals surface area contributed by atoms with Gasteiger partial charge in [-0.3, -0.25) is 4.68 Å². The van der Waals surface area contributed by atoms with Crippen molar-refractivity contribution in [3.8, 4) is 0 Å². The lowest BCUT2D eigenvalue weighted by Crippen LogP contribution is -2.26. The molecule has 1 atom stereocenters. The molecule has 0 spiro atoms. The average Bonchev–Trinajstić information content (AvgIpc) is 2.73. The lowest BCUT2D eigenvalue weighted by atomic mass is 10.2.